The highest BCUT2D eigenvalue weighted by atomic mass is 35.5. The molecule has 0 saturated carbocycles. The predicted molar refractivity (Wildman–Crippen MR) is 79.0 cm³/mol. The van der Waals surface area contributed by atoms with E-state index in [0.29, 0.717) is 12.2 Å². The molecule has 20 heavy (non-hydrogen) atoms. The molecule has 0 radical (unpaired) electrons. The summed E-state index contributed by atoms with van der Waals surface area (Å²) in [5.74, 6) is -0.317. The van der Waals surface area contributed by atoms with Gasteiger partial charge < -0.3 is 10.6 Å². The van der Waals surface area contributed by atoms with Crippen LogP contribution in [0.15, 0.2) is 23.1 Å². The van der Waals surface area contributed by atoms with Gasteiger partial charge in [0.05, 0.1) is 11.1 Å². The number of hydrogen-bond acceptors (Lipinski definition) is 4. The molecule has 1 unspecified atom stereocenters. The van der Waals surface area contributed by atoms with Crippen molar-refractivity contribution in [1.29, 1.82) is 0 Å². The minimum Gasteiger partial charge on any atom is -0.399 e. The van der Waals surface area contributed by atoms with Gasteiger partial charge in [0.15, 0.2) is 0 Å². The number of anilines is 1. The second kappa shape index (κ2) is 6.43. The van der Waals surface area contributed by atoms with E-state index < -0.39 is 16.1 Å². The minimum absolute atomic E-state index is 0.0148. The number of sulfonamides is 1. The standard InChI is InChI=1S/C12H18ClN3O3S/c1-4-16(3)12(17)8(2)15-20(18,19)11-6-5-9(14)7-10(11)13/h5-8,15H,4,14H2,1-3H3. The first-order valence-corrected chi connectivity index (χ1v) is 7.87. The third kappa shape index (κ3) is 3.84. The van der Waals surface area contributed by atoms with Crippen molar-refractivity contribution in [2.75, 3.05) is 19.3 Å². The Morgan fingerprint density at radius 2 is 2.10 bits per heavy atom. The second-order valence-electron chi connectivity index (χ2n) is 4.39. The fraction of sp³-hybridized carbons (Fsp3) is 0.417. The van der Waals surface area contributed by atoms with E-state index in [1.165, 1.54) is 30.0 Å². The van der Waals surface area contributed by atoms with Gasteiger partial charge in [-0.2, -0.15) is 4.72 Å². The molecule has 112 valence electrons. The number of likely N-dealkylation sites (N-methyl/N-ethyl adjacent to an activating group) is 1. The maximum absolute atomic E-state index is 12.2. The summed E-state index contributed by atoms with van der Waals surface area (Å²) in [5, 5.41) is 0.0148. The van der Waals surface area contributed by atoms with Crippen molar-refractivity contribution in [1.82, 2.24) is 9.62 Å². The molecule has 0 saturated heterocycles. The molecule has 6 nitrogen and oxygen atoms in total. The average Bonchev–Trinajstić information content (AvgIpc) is 2.35. The molecule has 0 spiro atoms. The van der Waals surface area contributed by atoms with Gasteiger partial charge in [-0.05, 0) is 32.0 Å². The molecule has 1 aromatic rings. The van der Waals surface area contributed by atoms with Gasteiger partial charge in [-0.25, -0.2) is 8.42 Å². The quantitative estimate of drug-likeness (QED) is 0.794. The van der Waals surface area contributed by atoms with Crippen LogP contribution in [0.2, 0.25) is 5.02 Å². The summed E-state index contributed by atoms with van der Waals surface area (Å²) in [6, 6.07) is 3.21. The van der Waals surface area contributed by atoms with Gasteiger partial charge >= 0.3 is 0 Å². The van der Waals surface area contributed by atoms with E-state index in [0.717, 1.165) is 0 Å². The largest absolute Gasteiger partial charge is 0.399 e. The maximum atomic E-state index is 12.2. The first kappa shape index (κ1) is 16.7. The first-order valence-electron chi connectivity index (χ1n) is 6.01. The number of benzene rings is 1. The molecule has 0 heterocycles. The van der Waals surface area contributed by atoms with Crippen LogP contribution in [0.25, 0.3) is 0 Å². The van der Waals surface area contributed by atoms with Crippen LogP contribution in [0.5, 0.6) is 0 Å². The summed E-state index contributed by atoms with van der Waals surface area (Å²) < 4.78 is 26.7. The zero-order chi connectivity index (χ0) is 15.5. The molecule has 0 bridgehead atoms. The second-order valence-corrected chi connectivity index (χ2v) is 6.47. The number of rotatable bonds is 5. The lowest BCUT2D eigenvalue weighted by Gasteiger charge is -2.20. The smallest absolute Gasteiger partial charge is 0.242 e. The van der Waals surface area contributed by atoms with Crippen molar-refractivity contribution in [3.8, 4) is 0 Å². The molecule has 0 aliphatic rings. The molecular formula is C12H18ClN3O3S. The van der Waals surface area contributed by atoms with Crippen LogP contribution in [-0.4, -0.2) is 38.9 Å². The lowest BCUT2D eigenvalue weighted by Crippen LogP contribution is -2.45. The van der Waals surface area contributed by atoms with Crippen LogP contribution in [0.3, 0.4) is 0 Å². The molecule has 1 aromatic carbocycles. The molecule has 1 rings (SSSR count). The number of nitrogens with zero attached hydrogens (tertiary/aromatic N) is 1. The molecule has 1 amide bonds. The van der Waals surface area contributed by atoms with Gasteiger partial charge in [-0.15, -0.1) is 0 Å². The Balaban J connectivity index is 2.98. The van der Waals surface area contributed by atoms with Gasteiger partial charge in [0.2, 0.25) is 15.9 Å². The number of halogens is 1. The Bertz CT molecular complexity index is 604. The van der Waals surface area contributed by atoms with Gasteiger partial charge in [0.25, 0.3) is 0 Å². The van der Waals surface area contributed by atoms with Crippen LogP contribution in [-0.2, 0) is 14.8 Å². The highest BCUT2D eigenvalue weighted by Crippen LogP contribution is 2.23. The van der Waals surface area contributed by atoms with Gasteiger partial charge in [0, 0.05) is 19.3 Å². The van der Waals surface area contributed by atoms with Crippen LogP contribution < -0.4 is 10.5 Å². The van der Waals surface area contributed by atoms with E-state index in [4.69, 9.17) is 17.3 Å². The average molecular weight is 320 g/mol. The summed E-state index contributed by atoms with van der Waals surface area (Å²) in [7, 11) is -2.28. The number of nitrogens with two attached hydrogens (primary N) is 1. The Morgan fingerprint density at radius 1 is 1.50 bits per heavy atom. The van der Waals surface area contributed by atoms with E-state index in [-0.39, 0.29) is 15.8 Å². The van der Waals surface area contributed by atoms with Crippen molar-refractivity contribution in [2.45, 2.75) is 24.8 Å². The number of nitrogen functional groups attached to an aromatic ring is 1. The Morgan fingerprint density at radius 3 is 2.60 bits per heavy atom. The summed E-state index contributed by atoms with van der Waals surface area (Å²) in [6.45, 7) is 3.78. The van der Waals surface area contributed by atoms with Gasteiger partial charge in [-0.1, -0.05) is 11.6 Å². The van der Waals surface area contributed by atoms with Crippen LogP contribution in [0, 0.1) is 0 Å². The molecule has 0 aliphatic carbocycles. The van der Waals surface area contributed by atoms with Crippen LogP contribution in [0.1, 0.15) is 13.8 Å². The molecule has 0 fully saturated rings. The van der Waals surface area contributed by atoms with Crippen molar-refractivity contribution < 1.29 is 13.2 Å². The molecule has 3 N–H and O–H groups in total. The molecule has 8 heteroatoms. The zero-order valence-electron chi connectivity index (χ0n) is 11.6. The van der Waals surface area contributed by atoms with E-state index >= 15 is 0 Å². The summed E-state index contributed by atoms with van der Waals surface area (Å²) >= 11 is 5.87. The SMILES string of the molecule is CCN(C)C(=O)C(C)NS(=O)(=O)c1ccc(N)cc1Cl. The molecule has 1 atom stereocenters. The summed E-state index contributed by atoms with van der Waals surface area (Å²) in [5.41, 5.74) is 5.88. The van der Waals surface area contributed by atoms with Crippen molar-refractivity contribution in [2.24, 2.45) is 0 Å². The lowest BCUT2D eigenvalue weighted by atomic mass is 10.3. The maximum Gasteiger partial charge on any atom is 0.242 e. The highest BCUT2D eigenvalue weighted by molar-refractivity contribution is 7.89. The number of amides is 1. The van der Waals surface area contributed by atoms with Crippen molar-refractivity contribution >= 4 is 33.2 Å². The topological polar surface area (TPSA) is 92.5 Å². The van der Waals surface area contributed by atoms with E-state index in [1.54, 1.807) is 14.0 Å². The zero-order valence-corrected chi connectivity index (χ0v) is 13.1. The lowest BCUT2D eigenvalue weighted by molar-refractivity contribution is -0.131. The molecular weight excluding hydrogens is 302 g/mol. The predicted octanol–water partition coefficient (Wildman–Crippen LogP) is 1.07. The fourth-order valence-corrected chi connectivity index (χ4v) is 3.32. The molecule has 0 aliphatic heterocycles. The van der Waals surface area contributed by atoms with Crippen molar-refractivity contribution in [3.63, 3.8) is 0 Å². The van der Waals surface area contributed by atoms with Crippen LogP contribution >= 0.6 is 11.6 Å². The Hall–Kier alpha value is -1.31. The van der Waals surface area contributed by atoms with E-state index in [9.17, 15) is 13.2 Å². The van der Waals surface area contributed by atoms with E-state index in [2.05, 4.69) is 4.72 Å². The molecule has 0 aromatic heterocycles. The first-order chi connectivity index (χ1) is 9.19. The number of carbonyl (C=O) groups is 1. The highest BCUT2D eigenvalue weighted by Gasteiger charge is 2.25. The van der Waals surface area contributed by atoms with Crippen molar-refractivity contribution in [3.05, 3.63) is 23.2 Å². The summed E-state index contributed by atoms with van der Waals surface area (Å²) in [6.07, 6.45) is 0. The van der Waals surface area contributed by atoms with Gasteiger partial charge in [-0.3, -0.25) is 4.79 Å². The fourth-order valence-electron chi connectivity index (χ4n) is 1.57. The number of carbonyl (C=O) groups excluding carboxylic acids is 1. The van der Waals surface area contributed by atoms with E-state index in [1.807, 2.05) is 0 Å². The summed E-state index contributed by atoms with van der Waals surface area (Å²) in [4.78, 5) is 13.2. The third-order valence-electron chi connectivity index (χ3n) is 2.80. The normalized spacial score (nSPS) is 13.0. The monoisotopic (exact) mass is 319 g/mol. The Labute approximate surface area is 123 Å². The number of hydrogen-bond donors (Lipinski definition) is 2. The third-order valence-corrected chi connectivity index (χ3v) is 4.82. The van der Waals surface area contributed by atoms with Crippen LogP contribution in [0.4, 0.5) is 5.69 Å². The Kier molecular flexibility index (Phi) is 5.38. The number of nitrogens with one attached hydrogen (secondary N) is 1. The van der Waals surface area contributed by atoms with Gasteiger partial charge in [0.1, 0.15) is 4.90 Å². The minimum atomic E-state index is -3.88.